The number of nitrogens with zero attached hydrogens (tertiary/aromatic N) is 2. The zero-order valence-corrected chi connectivity index (χ0v) is 12.4. The number of ether oxygens (including phenoxy) is 1. The molecule has 8 heteroatoms. The van der Waals surface area contributed by atoms with Crippen molar-refractivity contribution >= 4 is 5.97 Å². The molecule has 2 aromatic rings. The Labute approximate surface area is 135 Å². The van der Waals surface area contributed by atoms with Gasteiger partial charge in [-0.15, -0.1) is 0 Å². The Bertz CT molecular complexity index is 800. The van der Waals surface area contributed by atoms with Crippen molar-refractivity contribution in [3.05, 3.63) is 64.7 Å². The van der Waals surface area contributed by atoms with Crippen molar-refractivity contribution in [2.75, 3.05) is 6.61 Å². The number of hydrogen-bond acceptors (Lipinski definition) is 4. The van der Waals surface area contributed by atoms with Crippen LogP contribution in [0.5, 0.6) is 0 Å². The first-order chi connectivity index (χ1) is 11.5. The van der Waals surface area contributed by atoms with Crippen LogP contribution in [0.4, 0.5) is 13.2 Å². The lowest BCUT2D eigenvalue weighted by atomic mass is 10.1. The number of carbonyl (C=O) groups is 1. The molecule has 1 aromatic heterocycles. The van der Waals surface area contributed by atoms with Crippen LogP contribution in [0.2, 0.25) is 0 Å². The first kappa shape index (κ1) is 17.5. The van der Waals surface area contributed by atoms with E-state index in [0.29, 0.717) is 5.69 Å². The van der Waals surface area contributed by atoms with Gasteiger partial charge in [0.25, 0.3) is 5.56 Å². The summed E-state index contributed by atoms with van der Waals surface area (Å²) in [7, 11) is 0. The average Bonchev–Trinajstić information content (AvgIpc) is 2.57. The van der Waals surface area contributed by atoms with Crippen molar-refractivity contribution in [2.24, 2.45) is 0 Å². The summed E-state index contributed by atoms with van der Waals surface area (Å²) in [6, 6.07) is 11.8. The maximum atomic E-state index is 12.6. The van der Waals surface area contributed by atoms with E-state index in [-0.39, 0.29) is 0 Å². The first-order valence-corrected chi connectivity index (χ1v) is 6.96. The molecule has 5 nitrogen and oxygen atoms in total. The Hall–Kier alpha value is -2.90. The second-order valence-corrected chi connectivity index (χ2v) is 4.72. The van der Waals surface area contributed by atoms with Gasteiger partial charge in [-0.1, -0.05) is 30.3 Å². The summed E-state index contributed by atoms with van der Waals surface area (Å²) in [5.74, 6) is -2.51. The van der Waals surface area contributed by atoms with Crippen LogP contribution in [0.25, 0.3) is 11.3 Å². The molecule has 0 unspecified atom stereocenters. The van der Waals surface area contributed by atoms with Gasteiger partial charge in [0.1, 0.15) is 6.54 Å². The van der Waals surface area contributed by atoms with Gasteiger partial charge in [0.2, 0.25) is 0 Å². The molecule has 126 valence electrons. The van der Waals surface area contributed by atoms with Crippen molar-refractivity contribution in [3.63, 3.8) is 0 Å². The minimum Gasteiger partial charge on any atom is -0.464 e. The number of halogens is 3. The van der Waals surface area contributed by atoms with Crippen molar-refractivity contribution in [1.29, 1.82) is 0 Å². The van der Waals surface area contributed by atoms with Gasteiger partial charge in [-0.3, -0.25) is 9.59 Å². The highest BCUT2D eigenvalue weighted by molar-refractivity contribution is 5.69. The fourth-order valence-electron chi connectivity index (χ4n) is 1.84. The zero-order chi connectivity index (χ0) is 17.5. The van der Waals surface area contributed by atoms with Crippen LogP contribution in [0.1, 0.15) is 6.42 Å². The van der Waals surface area contributed by atoms with E-state index in [4.69, 9.17) is 0 Å². The van der Waals surface area contributed by atoms with E-state index in [9.17, 15) is 22.8 Å². The van der Waals surface area contributed by atoms with E-state index in [1.165, 1.54) is 12.1 Å². The van der Waals surface area contributed by atoms with E-state index in [1.54, 1.807) is 24.3 Å². The molecule has 0 N–H and O–H groups in total. The van der Waals surface area contributed by atoms with Crippen molar-refractivity contribution in [2.45, 2.75) is 13.0 Å². The highest BCUT2D eigenvalue weighted by Gasteiger charge is 2.11. The largest absolute Gasteiger partial charge is 0.464 e. The molecule has 0 aliphatic heterocycles. The van der Waals surface area contributed by atoms with Gasteiger partial charge in [0, 0.05) is 18.1 Å². The third-order valence-electron chi connectivity index (χ3n) is 3.00. The number of rotatable bonds is 6. The summed E-state index contributed by atoms with van der Waals surface area (Å²) in [6.45, 7) is -1.04. The average molecular weight is 338 g/mol. The summed E-state index contributed by atoms with van der Waals surface area (Å²) in [4.78, 5) is 23.4. The second kappa shape index (κ2) is 8.09. The standard InChI is InChI=1S/C16H13F3N2O3/c17-12(16(18)19)8-9-24-15(23)10-21-14(22)7-6-13(20-21)11-4-2-1-3-5-11/h1-7H,8-10H2. The van der Waals surface area contributed by atoms with Gasteiger partial charge in [-0.05, 0) is 6.07 Å². The summed E-state index contributed by atoms with van der Waals surface area (Å²) >= 11 is 0. The molecule has 0 saturated carbocycles. The highest BCUT2D eigenvalue weighted by atomic mass is 19.3. The number of hydrogen-bond donors (Lipinski definition) is 0. The van der Waals surface area contributed by atoms with Crippen LogP contribution < -0.4 is 5.56 Å². The molecule has 0 aliphatic carbocycles. The third kappa shape index (κ3) is 4.80. The molecule has 0 saturated heterocycles. The van der Waals surface area contributed by atoms with Gasteiger partial charge in [0.05, 0.1) is 12.3 Å². The summed E-state index contributed by atoms with van der Waals surface area (Å²) in [5.41, 5.74) is 0.717. The molecular weight excluding hydrogens is 325 g/mol. The third-order valence-corrected chi connectivity index (χ3v) is 3.00. The van der Waals surface area contributed by atoms with Crippen molar-refractivity contribution in [3.8, 4) is 11.3 Å². The SMILES string of the molecule is O=C(Cn1nc(-c2ccccc2)ccc1=O)OCCC(F)=C(F)F. The minimum absolute atomic E-state index is 0.483. The van der Waals surface area contributed by atoms with Gasteiger partial charge in [-0.2, -0.15) is 13.9 Å². The first-order valence-electron chi connectivity index (χ1n) is 6.96. The Morgan fingerprint density at radius 3 is 2.46 bits per heavy atom. The van der Waals surface area contributed by atoms with E-state index >= 15 is 0 Å². The lowest BCUT2D eigenvalue weighted by molar-refractivity contribution is -0.144. The van der Waals surface area contributed by atoms with E-state index in [0.717, 1.165) is 10.2 Å². The van der Waals surface area contributed by atoms with Gasteiger partial charge in [0.15, 0.2) is 5.83 Å². The molecule has 1 heterocycles. The second-order valence-electron chi connectivity index (χ2n) is 4.72. The Morgan fingerprint density at radius 2 is 1.79 bits per heavy atom. The smallest absolute Gasteiger partial charge is 0.327 e. The topological polar surface area (TPSA) is 61.2 Å². The molecule has 0 amide bonds. The van der Waals surface area contributed by atoms with E-state index in [2.05, 4.69) is 9.84 Å². The Balaban J connectivity index is 2.03. The molecule has 0 fully saturated rings. The van der Waals surface area contributed by atoms with Crippen molar-refractivity contribution in [1.82, 2.24) is 9.78 Å². The maximum Gasteiger partial charge on any atom is 0.327 e. The number of aromatic nitrogens is 2. The molecule has 0 spiro atoms. The van der Waals surface area contributed by atoms with Crippen LogP contribution >= 0.6 is 0 Å². The van der Waals surface area contributed by atoms with Crippen LogP contribution in [-0.2, 0) is 16.1 Å². The van der Waals surface area contributed by atoms with Crippen LogP contribution in [-0.4, -0.2) is 22.4 Å². The zero-order valence-electron chi connectivity index (χ0n) is 12.4. The van der Waals surface area contributed by atoms with Gasteiger partial charge in [-0.25, -0.2) is 9.07 Å². The number of esters is 1. The molecule has 0 bridgehead atoms. The molecule has 2 rings (SSSR count). The van der Waals surface area contributed by atoms with Gasteiger partial charge < -0.3 is 4.74 Å². The molecule has 0 radical (unpaired) electrons. The molecule has 24 heavy (non-hydrogen) atoms. The van der Waals surface area contributed by atoms with E-state index < -0.39 is 43.0 Å². The predicted octanol–water partition coefficient (Wildman–Crippen LogP) is 2.92. The predicted molar refractivity (Wildman–Crippen MR) is 79.9 cm³/mol. The summed E-state index contributed by atoms with van der Waals surface area (Å²) < 4.78 is 41.8. The number of carbonyl (C=O) groups excluding carboxylic acids is 1. The highest BCUT2D eigenvalue weighted by Crippen LogP contribution is 2.14. The normalized spacial score (nSPS) is 10.3. The fourth-order valence-corrected chi connectivity index (χ4v) is 1.84. The molecule has 1 aromatic carbocycles. The van der Waals surface area contributed by atoms with Crippen LogP contribution in [0, 0.1) is 0 Å². The quantitative estimate of drug-likeness (QED) is 0.760. The van der Waals surface area contributed by atoms with E-state index in [1.807, 2.05) is 6.07 Å². The van der Waals surface area contributed by atoms with Gasteiger partial charge >= 0.3 is 12.0 Å². The Morgan fingerprint density at radius 1 is 1.08 bits per heavy atom. The maximum absolute atomic E-state index is 12.6. The molecule has 0 aliphatic rings. The Kier molecular flexibility index (Phi) is 5.89. The lowest BCUT2D eigenvalue weighted by Gasteiger charge is -2.07. The molecule has 0 atom stereocenters. The van der Waals surface area contributed by atoms with Crippen LogP contribution in [0.15, 0.2) is 59.2 Å². The summed E-state index contributed by atoms with van der Waals surface area (Å²) in [6.07, 6.45) is -3.17. The minimum atomic E-state index is -2.44. The summed E-state index contributed by atoms with van der Waals surface area (Å²) in [5, 5.41) is 4.05. The lowest BCUT2D eigenvalue weighted by Crippen LogP contribution is -2.27. The monoisotopic (exact) mass is 338 g/mol. The fraction of sp³-hybridized carbons (Fsp3) is 0.188. The van der Waals surface area contributed by atoms with Crippen LogP contribution in [0.3, 0.4) is 0 Å². The van der Waals surface area contributed by atoms with Crippen molar-refractivity contribution < 1.29 is 22.7 Å². The number of benzene rings is 1. The molecular formula is C16H13F3N2O3.